The lowest BCUT2D eigenvalue weighted by atomic mass is 10.2. The van der Waals surface area contributed by atoms with Crippen LogP contribution in [0.15, 0.2) is 60.9 Å². The van der Waals surface area contributed by atoms with Crippen molar-refractivity contribution in [1.29, 1.82) is 0 Å². The molecule has 7 nitrogen and oxygen atoms in total. The molecule has 0 saturated heterocycles. The molecule has 2 aromatic heterocycles. The molecule has 0 fully saturated rings. The van der Waals surface area contributed by atoms with Gasteiger partial charge in [-0.2, -0.15) is 5.10 Å². The van der Waals surface area contributed by atoms with E-state index in [2.05, 4.69) is 20.6 Å². The molecule has 2 N–H and O–H groups in total. The summed E-state index contributed by atoms with van der Waals surface area (Å²) in [6.45, 7) is 0.768. The highest BCUT2D eigenvalue weighted by atomic mass is 35.5. The predicted octanol–water partition coefficient (Wildman–Crippen LogP) is 5.64. The van der Waals surface area contributed by atoms with Crippen molar-refractivity contribution in [3.05, 3.63) is 86.9 Å². The van der Waals surface area contributed by atoms with Crippen LogP contribution in [0, 0.1) is 4.77 Å². The molecule has 0 aliphatic carbocycles. The number of pyridine rings is 1. The Hall–Kier alpha value is -3.07. The van der Waals surface area contributed by atoms with Gasteiger partial charge in [-0.05, 0) is 59.7 Å². The molecule has 0 aliphatic heterocycles. The van der Waals surface area contributed by atoms with Crippen LogP contribution in [0.3, 0.4) is 0 Å². The van der Waals surface area contributed by atoms with Gasteiger partial charge in [0.1, 0.15) is 6.61 Å². The maximum Gasteiger partial charge on any atom is 0.214 e. The molecule has 0 saturated carbocycles. The van der Waals surface area contributed by atoms with E-state index in [4.69, 9.17) is 44.9 Å². The molecular weight excluding hydrogens is 469 g/mol. The second kappa shape index (κ2) is 10.0. The highest BCUT2D eigenvalue weighted by molar-refractivity contribution is 7.71. The largest absolute Gasteiger partial charge is 0.493 e. The van der Waals surface area contributed by atoms with Gasteiger partial charge in [-0.25, -0.2) is 9.77 Å². The number of aromatic nitrogens is 4. The van der Waals surface area contributed by atoms with Gasteiger partial charge in [-0.1, -0.05) is 35.3 Å². The van der Waals surface area contributed by atoms with Crippen LogP contribution in [0.1, 0.15) is 11.1 Å². The Morgan fingerprint density at radius 2 is 1.81 bits per heavy atom. The number of nitrogens with zero attached hydrogens (tertiary/aromatic N) is 3. The first-order valence-corrected chi connectivity index (χ1v) is 10.8. The second-order valence-electron chi connectivity index (χ2n) is 6.78. The van der Waals surface area contributed by atoms with Crippen molar-refractivity contribution >= 4 is 35.4 Å². The van der Waals surface area contributed by atoms with Gasteiger partial charge in [0, 0.05) is 23.0 Å². The molecule has 10 heteroatoms. The Balaban J connectivity index is 1.51. The van der Waals surface area contributed by atoms with Gasteiger partial charge in [0.05, 0.1) is 18.7 Å². The van der Waals surface area contributed by atoms with Crippen molar-refractivity contribution in [3.63, 3.8) is 0 Å². The van der Waals surface area contributed by atoms with Gasteiger partial charge in [-0.15, -0.1) is 0 Å². The van der Waals surface area contributed by atoms with Crippen molar-refractivity contribution in [1.82, 2.24) is 19.9 Å². The smallest absolute Gasteiger partial charge is 0.214 e. The summed E-state index contributed by atoms with van der Waals surface area (Å²) in [6.07, 6.45) is 3.40. The Labute approximate surface area is 199 Å². The minimum Gasteiger partial charge on any atom is -0.493 e. The van der Waals surface area contributed by atoms with Gasteiger partial charge < -0.3 is 14.9 Å². The fraction of sp³-hybridized carbons (Fsp3) is 0.136. The van der Waals surface area contributed by atoms with E-state index in [1.807, 2.05) is 48.5 Å². The lowest BCUT2D eigenvalue weighted by Crippen LogP contribution is -2.16. The number of H-pyrrole nitrogens is 1. The molecule has 2 heterocycles. The van der Waals surface area contributed by atoms with E-state index in [1.54, 1.807) is 24.2 Å². The van der Waals surface area contributed by atoms with Crippen LogP contribution < -0.4 is 14.9 Å². The van der Waals surface area contributed by atoms with E-state index >= 15 is 0 Å². The molecule has 0 radical (unpaired) electrons. The van der Waals surface area contributed by atoms with E-state index in [1.165, 1.54) is 0 Å². The number of aromatic amines is 1. The van der Waals surface area contributed by atoms with E-state index in [9.17, 15) is 0 Å². The molecule has 4 aromatic rings. The van der Waals surface area contributed by atoms with Crippen LogP contribution >= 0.6 is 35.4 Å². The van der Waals surface area contributed by atoms with Crippen molar-refractivity contribution < 1.29 is 9.47 Å². The Morgan fingerprint density at radius 1 is 1.06 bits per heavy atom. The lowest BCUT2D eigenvalue weighted by molar-refractivity contribution is 0.284. The van der Waals surface area contributed by atoms with Gasteiger partial charge in [0.15, 0.2) is 17.3 Å². The molecule has 0 bridgehead atoms. The number of rotatable bonds is 8. The Bertz CT molecular complexity index is 1260. The molecule has 0 unspecified atom stereocenters. The van der Waals surface area contributed by atoms with Gasteiger partial charge in [0.25, 0.3) is 0 Å². The fourth-order valence-corrected chi connectivity index (χ4v) is 3.67. The third-order valence-corrected chi connectivity index (χ3v) is 5.44. The molecule has 164 valence electrons. The summed E-state index contributed by atoms with van der Waals surface area (Å²) in [5.74, 6) is 1.66. The standard InChI is InChI=1S/C22H19Cl2N5O2S/c1-30-19-11-15(10-18(24)20(19)31-13-14-2-4-17(23)5-3-14)12-26-29-21(27-28-22(29)32)16-6-8-25-9-7-16/h2-11,26H,12-13H2,1H3,(H,28,32). The molecule has 0 spiro atoms. The Kier molecular flexibility index (Phi) is 6.94. The van der Waals surface area contributed by atoms with Crippen LogP contribution in [0.4, 0.5) is 0 Å². The number of nitrogens with one attached hydrogen (secondary N) is 2. The first kappa shape index (κ1) is 22.1. The quantitative estimate of drug-likeness (QED) is 0.313. The van der Waals surface area contributed by atoms with Crippen molar-refractivity contribution in [2.75, 3.05) is 12.5 Å². The first-order valence-electron chi connectivity index (χ1n) is 9.60. The molecule has 4 rings (SSSR count). The average Bonchev–Trinajstić information content (AvgIpc) is 3.18. The number of ether oxygens (including phenoxy) is 2. The molecule has 0 atom stereocenters. The minimum absolute atomic E-state index is 0.338. The van der Waals surface area contributed by atoms with Crippen LogP contribution in [-0.2, 0) is 13.2 Å². The fourth-order valence-electron chi connectivity index (χ4n) is 3.06. The topological polar surface area (TPSA) is 77.0 Å². The van der Waals surface area contributed by atoms with Crippen molar-refractivity contribution in [2.45, 2.75) is 13.2 Å². The first-order chi connectivity index (χ1) is 15.5. The second-order valence-corrected chi connectivity index (χ2v) is 8.01. The molecule has 2 aromatic carbocycles. The Morgan fingerprint density at radius 3 is 2.53 bits per heavy atom. The van der Waals surface area contributed by atoms with Gasteiger partial charge >= 0.3 is 0 Å². The van der Waals surface area contributed by atoms with Gasteiger partial charge in [-0.3, -0.25) is 4.98 Å². The predicted molar refractivity (Wildman–Crippen MR) is 127 cm³/mol. The summed E-state index contributed by atoms with van der Waals surface area (Å²) in [6, 6.07) is 14.8. The summed E-state index contributed by atoms with van der Waals surface area (Å²) in [7, 11) is 1.58. The number of benzene rings is 2. The molecular formula is C22H19Cl2N5O2S. The number of halogens is 2. The third-order valence-electron chi connectivity index (χ3n) is 4.64. The number of hydrogen-bond donors (Lipinski definition) is 2. The molecule has 0 aliphatic rings. The van der Waals surface area contributed by atoms with Crippen LogP contribution in [-0.4, -0.2) is 27.0 Å². The SMILES string of the molecule is COc1cc(CNn2c(-c3ccncc3)n[nH]c2=S)cc(Cl)c1OCc1ccc(Cl)cc1. The summed E-state index contributed by atoms with van der Waals surface area (Å²) in [5, 5.41) is 8.22. The molecule has 0 amide bonds. The van der Waals surface area contributed by atoms with E-state index < -0.39 is 0 Å². The van der Waals surface area contributed by atoms with E-state index in [-0.39, 0.29) is 0 Å². The number of methoxy groups -OCH3 is 1. The molecule has 32 heavy (non-hydrogen) atoms. The maximum atomic E-state index is 6.52. The van der Waals surface area contributed by atoms with Crippen LogP contribution in [0.25, 0.3) is 11.4 Å². The lowest BCUT2D eigenvalue weighted by Gasteiger charge is -2.15. The summed E-state index contributed by atoms with van der Waals surface area (Å²) >= 11 is 17.8. The number of hydrogen-bond acceptors (Lipinski definition) is 6. The monoisotopic (exact) mass is 487 g/mol. The average molecular weight is 488 g/mol. The van der Waals surface area contributed by atoms with Crippen LogP contribution in [0.2, 0.25) is 10.0 Å². The summed E-state index contributed by atoms with van der Waals surface area (Å²) < 4.78 is 13.6. The van der Waals surface area contributed by atoms with Crippen molar-refractivity contribution in [3.8, 4) is 22.9 Å². The maximum absolute atomic E-state index is 6.52. The summed E-state index contributed by atoms with van der Waals surface area (Å²) in [4.78, 5) is 4.04. The summed E-state index contributed by atoms with van der Waals surface area (Å²) in [5.41, 5.74) is 6.00. The minimum atomic E-state index is 0.338. The highest BCUT2D eigenvalue weighted by Crippen LogP contribution is 2.37. The van der Waals surface area contributed by atoms with Gasteiger partial charge in [0.2, 0.25) is 4.77 Å². The van der Waals surface area contributed by atoms with E-state index in [0.29, 0.717) is 45.3 Å². The highest BCUT2D eigenvalue weighted by Gasteiger charge is 2.14. The zero-order valence-corrected chi connectivity index (χ0v) is 19.3. The third kappa shape index (κ3) is 5.04. The van der Waals surface area contributed by atoms with Crippen LogP contribution in [0.5, 0.6) is 11.5 Å². The van der Waals surface area contributed by atoms with E-state index in [0.717, 1.165) is 16.7 Å². The van der Waals surface area contributed by atoms with Crippen molar-refractivity contribution in [2.24, 2.45) is 0 Å². The zero-order chi connectivity index (χ0) is 22.5. The normalized spacial score (nSPS) is 10.7. The zero-order valence-electron chi connectivity index (χ0n) is 17.0.